The van der Waals surface area contributed by atoms with Crippen molar-refractivity contribution in [1.82, 2.24) is 14.5 Å². The van der Waals surface area contributed by atoms with Crippen LogP contribution in [0.15, 0.2) is 24.3 Å². The molecule has 1 saturated heterocycles. The largest absolute Gasteiger partial charge is 0.331 e. The van der Waals surface area contributed by atoms with Crippen LogP contribution in [0.4, 0.5) is 9.18 Å². The fraction of sp³-hybridized carbons (Fsp3) is 0.562. The molecule has 1 aliphatic heterocycles. The summed E-state index contributed by atoms with van der Waals surface area (Å²) in [4.78, 5) is 15.2. The van der Waals surface area contributed by atoms with Gasteiger partial charge in [0.05, 0.1) is 5.75 Å². The topological polar surface area (TPSA) is 69.7 Å². The van der Waals surface area contributed by atoms with Crippen LogP contribution in [0.3, 0.4) is 0 Å². The van der Waals surface area contributed by atoms with Gasteiger partial charge in [0.25, 0.3) is 0 Å². The van der Waals surface area contributed by atoms with Gasteiger partial charge in [-0.1, -0.05) is 12.1 Å². The highest BCUT2D eigenvalue weighted by molar-refractivity contribution is 7.88. The fourth-order valence-electron chi connectivity index (χ4n) is 2.71. The van der Waals surface area contributed by atoms with Crippen LogP contribution in [0.25, 0.3) is 0 Å². The van der Waals surface area contributed by atoms with E-state index >= 15 is 0 Å². The van der Waals surface area contributed by atoms with Crippen LogP contribution in [0.2, 0.25) is 0 Å². The zero-order valence-electron chi connectivity index (χ0n) is 14.0. The number of piperidine rings is 1. The smallest absolute Gasteiger partial charge is 0.319 e. The zero-order valence-corrected chi connectivity index (χ0v) is 14.9. The van der Waals surface area contributed by atoms with E-state index in [1.54, 1.807) is 23.9 Å². The molecule has 2 rings (SSSR count). The summed E-state index contributed by atoms with van der Waals surface area (Å²) >= 11 is 0. The summed E-state index contributed by atoms with van der Waals surface area (Å²) in [5.74, 6) is -0.326. The molecule has 0 bridgehead atoms. The Morgan fingerprint density at radius 3 is 2.38 bits per heavy atom. The van der Waals surface area contributed by atoms with Crippen molar-refractivity contribution >= 4 is 16.1 Å². The molecule has 1 aliphatic rings. The number of halogens is 1. The standard InChI is InChI=1S/C16H24FN3O3S/c1-19(2)16(21)20-9-7-13(8-10-20)11-18-24(22,23)12-14-3-5-15(17)6-4-14/h3-6,13,18H,7-12H2,1-2H3. The summed E-state index contributed by atoms with van der Waals surface area (Å²) in [5, 5.41) is 0. The molecule has 0 spiro atoms. The van der Waals surface area contributed by atoms with Crippen molar-refractivity contribution < 1.29 is 17.6 Å². The monoisotopic (exact) mass is 357 g/mol. The second-order valence-corrected chi connectivity index (χ2v) is 8.15. The summed E-state index contributed by atoms with van der Waals surface area (Å²) in [5.41, 5.74) is 0.551. The molecule has 2 amide bonds. The fourth-order valence-corrected chi connectivity index (χ4v) is 3.93. The van der Waals surface area contributed by atoms with E-state index in [1.807, 2.05) is 0 Å². The van der Waals surface area contributed by atoms with Crippen LogP contribution in [0.1, 0.15) is 18.4 Å². The van der Waals surface area contributed by atoms with Gasteiger partial charge in [-0.05, 0) is 36.5 Å². The minimum absolute atomic E-state index is 0.00894. The number of amides is 2. The van der Waals surface area contributed by atoms with Gasteiger partial charge < -0.3 is 9.80 Å². The SMILES string of the molecule is CN(C)C(=O)N1CCC(CNS(=O)(=O)Cc2ccc(F)cc2)CC1. The van der Waals surface area contributed by atoms with Gasteiger partial charge in [-0.2, -0.15) is 0 Å². The van der Waals surface area contributed by atoms with Gasteiger partial charge in [-0.3, -0.25) is 0 Å². The van der Waals surface area contributed by atoms with Crippen molar-refractivity contribution in [3.05, 3.63) is 35.6 Å². The quantitative estimate of drug-likeness (QED) is 0.871. The average molecular weight is 357 g/mol. The predicted molar refractivity (Wildman–Crippen MR) is 90.4 cm³/mol. The predicted octanol–water partition coefficient (Wildman–Crippen LogP) is 1.64. The number of nitrogens with zero attached hydrogens (tertiary/aromatic N) is 2. The van der Waals surface area contributed by atoms with Crippen molar-refractivity contribution in [2.24, 2.45) is 5.92 Å². The number of hydrogen-bond donors (Lipinski definition) is 1. The van der Waals surface area contributed by atoms with E-state index in [9.17, 15) is 17.6 Å². The lowest BCUT2D eigenvalue weighted by atomic mass is 9.97. The summed E-state index contributed by atoms with van der Waals surface area (Å²) in [6.45, 7) is 1.65. The molecule has 0 atom stereocenters. The first kappa shape index (κ1) is 18.7. The molecule has 1 aromatic carbocycles. The highest BCUT2D eigenvalue weighted by Crippen LogP contribution is 2.18. The van der Waals surface area contributed by atoms with E-state index in [4.69, 9.17) is 0 Å². The van der Waals surface area contributed by atoms with Gasteiger partial charge in [0.15, 0.2) is 0 Å². The number of likely N-dealkylation sites (tertiary alicyclic amines) is 1. The summed E-state index contributed by atoms with van der Waals surface area (Å²) in [6, 6.07) is 5.44. The molecule has 0 unspecified atom stereocenters. The van der Waals surface area contributed by atoms with E-state index in [0.717, 1.165) is 12.8 Å². The van der Waals surface area contributed by atoms with Gasteiger partial charge in [0.1, 0.15) is 5.82 Å². The average Bonchev–Trinajstić information content (AvgIpc) is 2.55. The first-order valence-electron chi connectivity index (χ1n) is 7.95. The lowest BCUT2D eigenvalue weighted by Gasteiger charge is -2.33. The number of hydrogen-bond acceptors (Lipinski definition) is 3. The number of benzene rings is 1. The van der Waals surface area contributed by atoms with Gasteiger partial charge in [-0.15, -0.1) is 0 Å². The van der Waals surface area contributed by atoms with E-state index in [0.29, 0.717) is 25.2 Å². The number of urea groups is 1. The van der Waals surface area contributed by atoms with Crippen molar-refractivity contribution in [1.29, 1.82) is 0 Å². The summed E-state index contributed by atoms with van der Waals surface area (Å²) < 4.78 is 39.7. The van der Waals surface area contributed by atoms with Gasteiger partial charge >= 0.3 is 6.03 Å². The van der Waals surface area contributed by atoms with Crippen molar-refractivity contribution in [3.63, 3.8) is 0 Å². The molecule has 134 valence electrons. The Hall–Kier alpha value is -1.67. The van der Waals surface area contributed by atoms with Crippen LogP contribution in [0, 0.1) is 11.7 Å². The maximum atomic E-state index is 12.9. The third-order valence-electron chi connectivity index (χ3n) is 4.13. The molecule has 24 heavy (non-hydrogen) atoms. The van der Waals surface area contributed by atoms with Crippen LogP contribution < -0.4 is 4.72 Å². The summed E-state index contributed by atoms with van der Waals surface area (Å²) in [7, 11) is -0.0109. The van der Waals surface area contributed by atoms with E-state index in [1.165, 1.54) is 24.3 Å². The molecule has 0 saturated carbocycles. The molecule has 1 aromatic rings. The Morgan fingerprint density at radius 2 is 1.83 bits per heavy atom. The first-order chi connectivity index (χ1) is 11.3. The Morgan fingerprint density at radius 1 is 1.25 bits per heavy atom. The van der Waals surface area contributed by atoms with Gasteiger partial charge in [-0.25, -0.2) is 22.3 Å². The molecule has 0 radical (unpaired) electrons. The molecule has 8 heteroatoms. The third kappa shape index (κ3) is 5.45. The molecule has 0 aromatic heterocycles. The van der Waals surface area contributed by atoms with E-state index < -0.39 is 10.0 Å². The van der Waals surface area contributed by atoms with Crippen molar-refractivity contribution in [3.8, 4) is 0 Å². The minimum atomic E-state index is -3.45. The second kappa shape index (κ2) is 7.94. The third-order valence-corrected chi connectivity index (χ3v) is 5.45. The van der Waals surface area contributed by atoms with E-state index in [2.05, 4.69) is 4.72 Å². The maximum Gasteiger partial charge on any atom is 0.319 e. The minimum Gasteiger partial charge on any atom is -0.331 e. The van der Waals surface area contributed by atoms with Crippen LogP contribution in [-0.2, 0) is 15.8 Å². The Bertz CT molecular complexity index is 654. The lowest BCUT2D eigenvalue weighted by molar-refractivity contribution is 0.148. The number of carbonyl (C=O) groups excluding carboxylic acids is 1. The number of sulfonamides is 1. The molecule has 1 heterocycles. The molecule has 6 nitrogen and oxygen atoms in total. The van der Waals surface area contributed by atoms with E-state index in [-0.39, 0.29) is 23.5 Å². The highest BCUT2D eigenvalue weighted by atomic mass is 32.2. The zero-order chi connectivity index (χ0) is 17.7. The van der Waals surface area contributed by atoms with Crippen molar-refractivity contribution in [2.45, 2.75) is 18.6 Å². The second-order valence-electron chi connectivity index (χ2n) is 6.34. The molecular formula is C16H24FN3O3S. The number of carbonyl (C=O) groups is 1. The summed E-state index contributed by atoms with van der Waals surface area (Å²) in [6.07, 6.45) is 1.55. The molecular weight excluding hydrogens is 333 g/mol. The maximum absolute atomic E-state index is 12.9. The van der Waals surface area contributed by atoms with Crippen molar-refractivity contribution in [2.75, 3.05) is 33.7 Å². The highest BCUT2D eigenvalue weighted by Gasteiger charge is 2.24. The Kier molecular flexibility index (Phi) is 6.17. The van der Waals surface area contributed by atoms with Crippen LogP contribution in [0.5, 0.6) is 0 Å². The molecule has 0 aliphatic carbocycles. The Balaban J connectivity index is 1.79. The first-order valence-corrected chi connectivity index (χ1v) is 9.60. The number of rotatable bonds is 5. The lowest BCUT2D eigenvalue weighted by Crippen LogP contribution is -2.45. The normalized spacial score (nSPS) is 16.2. The van der Waals surface area contributed by atoms with Crippen LogP contribution in [-0.4, -0.2) is 58.0 Å². The number of nitrogens with one attached hydrogen (secondary N) is 1. The van der Waals surface area contributed by atoms with Gasteiger partial charge in [0, 0.05) is 33.7 Å². The molecule has 1 N–H and O–H groups in total. The van der Waals surface area contributed by atoms with Gasteiger partial charge in [0.2, 0.25) is 10.0 Å². The Labute approximate surface area is 142 Å². The van der Waals surface area contributed by atoms with Crippen LogP contribution >= 0.6 is 0 Å². The molecule has 1 fully saturated rings.